The van der Waals surface area contributed by atoms with Crippen molar-refractivity contribution in [1.29, 1.82) is 0 Å². The van der Waals surface area contributed by atoms with Crippen molar-refractivity contribution in [1.82, 2.24) is 9.80 Å². The molecule has 0 saturated carbocycles. The minimum atomic E-state index is -0.0803. The maximum absolute atomic E-state index is 12.9. The highest BCUT2D eigenvalue weighted by Gasteiger charge is 2.17. The van der Waals surface area contributed by atoms with E-state index in [9.17, 15) is 9.59 Å². The Labute approximate surface area is 149 Å². The maximum atomic E-state index is 12.9. The predicted octanol–water partition coefficient (Wildman–Crippen LogP) is 2.38. The van der Waals surface area contributed by atoms with E-state index in [4.69, 9.17) is 5.73 Å². The summed E-state index contributed by atoms with van der Waals surface area (Å²) < 4.78 is 0. The van der Waals surface area contributed by atoms with Crippen LogP contribution in [0, 0.1) is 0 Å². The fourth-order valence-corrected chi connectivity index (χ4v) is 2.53. The van der Waals surface area contributed by atoms with Crippen LogP contribution in [0.25, 0.3) is 0 Å². The molecule has 2 rings (SSSR count). The molecule has 0 fully saturated rings. The normalized spacial score (nSPS) is 10.4. The van der Waals surface area contributed by atoms with Gasteiger partial charge in [-0.2, -0.15) is 0 Å². The van der Waals surface area contributed by atoms with Gasteiger partial charge >= 0.3 is 0 Å². The first-order chi connectivity index (χ1) is 12.0. The SMILES string of the molecule is CN(C)C(=O)c1ccc(C(=O)N(CCCN)Cc2ccccc2)cc1. The Morgan fingerprint density at radius 2 is 1.44 bits per heavy atom. The molecular weight excluding hydrogens is 314 g/mol. The Bertz CT molecular complexity index is 697. The molecule has 0 aliphatic carbocycles. The molecule has 0 aliphatic heterocycles. The molecule has 0 radical (unpaired) electrons. The average Bonchev–Trinajstić information content (AvgIpc) is 2.64. The van der Waals surface area contributed by atoms with Crippen molar-refractivity contribution >= 4 is 11.8 Å². The quantitative estimate of drug-likeness (QED) is 0.842. The van der Waals surface area contributed by atoms with Gasteiger partial charge in [-0.25, -0.2) is 0 Å². The summed E-state index contributed by atoms with van der Waals surface area (Å²) >= 11 is 0. The van der Waals surface area contributed by atoms with Crippen molar-refractivity contribution in [2.24, 2.45) is 5.73 Å². The lowest BCUT2D eigenvalue weighted by molar-refractivity contribution is 0.0740. The summed E-state index contributed by atoms with van der Waals surface area (Å²) in [4.78, 5) is 28.1. The van der Waals surface area contributed by atoms with Crippen molar-refractivity contribution in [3.8, 4) is 0 Å². The van der Waals surface area contributed by atoms with Gasteiger partial charge in [-0.15, -0.1) is 0 Å². The molecule has 5 nitrogen and oxygen atoms in total. The first-order valence-corrected chi connectivity index (χ1v) is 8.38. The lowest BCUT2D eigenvalue weighted by Crippen LogP contribution is -2.32. The Morgan fingerprint density at radius 1 is 0.880 bits per heavy atom. The smallest absolute Gasteiger partial charge is 0.254 e. The van der Waals surface area contributed by atoms with Crippen LogP contribution in [-0.2, 0) is 6.54 Å². The fraction of sp³-hybridized carbons (Fsp3) is 0.300. The van der Waals surface area contributed by atoms with E-state index in [1.165, 1.54) is 4.90 Å². The summed E-state index contributed by atoms with van der Waals surface area (Å²) in [5.41, 5.74) is 7.83. The maximum Gasteiger partial charge on any atom is 0.254 e. The number of carbonyl (C=O) groups excluding carboxylic acids is 2. The Hall–Kier alpha value is -2.66. The Morgan fingerprint density at radius 3 is 1.96 bits per heavy atom. The molecule has 2 N–H and O–H groups in total. The summed E-state index contributed by atoms with van der Waals surface area (Å²) in [7, 11) is 3.41. The molecule has 0 saturated heterocycles. The number of nitrogens with zero attached hydrogens (tertiary/aromatic N) is 2. The lowest BCUT2D eigenvalue weighted by atomic mass is 10.1. The van der Waals surface area contributed by atoms with Gasteiger partial charge in [0.25, 0.3) is 11.8 Å². The van der Waals surface area contributed by atoms with E-state index >= 15 is 0 Å². The van der Waals surface area contributed by atoms with Gasteiger partial charge in [0.05, 0.1) is 0 Å². The second-order valence-corrected chi connectivity index (χ2v) is 6.13. The Balaban J connectivity index is 2.16. The molecular formula is C20H25N3O2. The number of hydrogen-bond donors (Lipinski definition) is 1. The molecule has 5 heteroatoms. The standard InChI is InChI=1S/C20H25N3O2/c1-22(2)19(24)17-9-11-18(12-10-17)20(25)23(14-6-13-21)15-16-7-4-3-5-8-16/h3-5,7-12H,6,13-15,21H2,1-2H3. The van der Waals surface area contributed by atoms with E-state index < -0.39 is 0 Å². The minimum absolute atomic E-state index is 0.0545. The van der Waals surface area contributed by atoms with Crippen LogP contribution in [0.5, 0.6) is 0 Å². The third kappa shape index (κ3) is 5.16. The van der Waals surface area contributed by atoms with Gasteiger partial charge in [-0.3, -0.25) is 9.59 Å². The van der Waals surface area contributed by atoms with Crippen LogP contribution in [0.2, 0.25) is 0 Å². The molecule has 0 heterocycles. The third-order valence-corrected chi connectivity index (χ3v) is 3.92. The fourth-order valence-electron chi connectivity index (χ4n) is 2.53. The number of benzene rings is 2. The second kappa shape index (κ2) is 8.99. The molecule has 0 spiro atoms. The first-order valence-electron chi connectivity index (χ1n) is 8.38. The molecule has 2 aromatic rings. The topological polar surface area (TPSA) is 66.6 Å². The third-order valence-electron chi connectivity index (χ3n) is 3.92. The van der Waals surface area contributed by atoms with Crippen LogP contribution in [0.3, 0.4) is 0 Å². The molecule has 2 amide bonds. The van der Waals surface area contributed by atoms with E-state index in [0.29, 0.717) is 30.8 Å². The molecule has 132 valence electrons. The van der Waals surface area contributed by atoms with Crippen LogP contribution in [0.15, 0.2) is 54.6 Å². The molecule has 0 aromatic heterocycles. The van der Waals surface area contributed by atoms with Crippen LogP contribution < -0.4 is 5.73 Å². The van der Waals surface area contributed by atoms with E-state index in [1.807, 2.05) is 30.3 Å². The molecule has 0 aliphatic rings. The predicted molar refractivity (Wildman–Crippen MR) is 99.3 cm³/mol. The molecule has 2 aromatic carbocycles. The van der Waals surface area contributed by atoms with E-state index in [1.54, 1.807) is 43.3 Å². The zero-order valence-corrected chi connectivity index (χ0v) is 14.8. The summed E-state index contributed by atoms with van der Waals surface area (Å²) in [6.45, 7) is 1.68. The second-order valence-electron chi connectivity index (χ2n) is 6.13. The van der Waals surface area contributed by atoms with Crippen molar-refractivity contribution in [3.63, 3.8) is 0 Å². The highest BCUT2D eigenvalue weighted by atomic mass is 16.2. The Kier molecular flexibility index (Phi) is 6.71. The van der Waals surface area contributed by atoms with Crippen molar-refractivity contribution in [2.45, 2.75) is 13.0 Å². The molecule has 0 atom stereocenters. The largest absolute Gasteiger partial charge is 0.345 e. The summed E-state index contributed by atoms with van der Waals surface area (Å²) in [6.07, 6.45) is 0.746. The van der Waals surface area contributed by atoms with Crippen molar-refractivity contribution in [2.75, 3.05) is 27.2 Å². The summed E-state index contributed by atoms with van der Waals surface area (Å²) in [5, 5.41) is 0. The zero-order chi connectivity index (χ0) is 18.2. The monoisotopic (exact) mass is 339 g/mol. The number of carbonyl (C=O) groups is 2. The van der Waals surface area contributed by atoms with Gasteiger partial charge in [0.1, 0.15) is 0 Å². The highest BCUT2D eigenvalue weighted by molar-refractivity contribution is 5.97. The van der Waals surface area contributed by atoms with Gasteiger partial charge in [-0.05, 0) is 42.8 Å². The molecule has 0 unspecified atom stereocenters. The van der Waals surface area contributed by atoms with Gasteiger partial charge in [0.15, 0.2) is 0 Å². The molecule has 0 bridgehead atoms. The number of hydrogen-bond acceptors (Lipinski definition) is 3. The van der Waals surface area contributed by atoms with E-state index in [2.05, 4.69) is 0 Å². The summed E-state index contributed by atoms with van der Waals surface area (Å²) in [6, 6.07) is 16.7. The van der Waals surface area contributed by atoms with Crippen molar-refractivity contribution < 1.29 is 9.59 Å². The van der Waals surface area contributed by atoms with Gasteiger partial charge in [-0.1, -0.05) is 30.3 Å². The van der Waals surface area contributed by atoms with Gasteiger partial charge in [0, 0.05) is 38.3 Å². The van der Waals surface area contributed by atoms with Crippen molar-refractivity contribution in [3.05, 3.63) is 71.3 Å². The number of rotatable bonds is 7. The molecule has 25 heavy (non-hydrogen) atoms. The number of amides is 2. The van der Waals surface area contributed by atoms with Gasteiger partial charge < -0.3 is 15.5 Å². The van der Waals surface area contributed by atoms with Gasteiger partial charge in [0.2, 0.25) is 0 Å². The van der Waals surface area contributed by atoms with Crippen LogP contribution in [0.1, 0.15) is 32.7 Å². The van der Waals surface area contributed by atoms with Crippen LogP contribution in [-0.4, -0.2) is 48.8 Å². The number of nitrogens with two attached hydrogens (primary N) is 1. The van der Waals surface area contributed by atoms with Crippen LogP contribution >= 0.6 is 0 Å². The first kappa shape index (κ1) is 18.7. The summed E-state index contributed by atoms with van der Waals surface area (Å²) in [5.74, 6) is -0.135. The zero-order valence-electron chi connectivity index (χ0n) is 14.8. The minimum Gasteiger partial charge on any atom is -0.345 e. The highest BCUT2D eigenvalue weighted by Crippen LogP contribution is 2.13. The van der Waals surface area contributed by atoms with E-state index in [0.717, 1.165) is 12.0 Å². The van der Waals surface area contributed by atoms with E-state index in [-0.39, 0.29) is 11.8 Å². The lowest BCUT2D eigenvalue weighted by Gasteiger charge is -2.23. The average molecular weight is 339 g/mol. The van der Waals surface area contributed by atoms with Crippen LogP contribution in [0.4, 0.5) is 0 Å².